The number of aryl methyl sites for hydroxylation is 2. The first kappa shape index (κ1) is 17.5. The van der Waals surface area contributed by atoms with E-state index in [9.17, 15) is 4.79 Å². The Balaban J connectivity index is 2.63. The van der Waals surface area contributed by atoms with Crippen LogP contribution >= 0.6 is 0 Å². The van der Waals surface area contributed by atoms with Crippen LogP contribution in [-0.4, -0.2) is 38.8 Å². The van der Waals surface area contributed by atoms with Crippen LogP contribution in [0.4, 0.5) is 5.69 Å². The Morgan fingerprint density at radius 2 is 1.86 bits per heavy atom. The molecule has 118 valence electrons. The molecule has 4 nitrogen and oxygen atoms in total. The minimum Gasteiger partial charge on any atom is -0.465 e. The largest absolute Gasteiger partial charge is 0.465 e. The van der Waals surface area contributed by atoms with Gasteiger partial charge in [-0.25, -0.2) is 0 Å². The zero-order chi connectivity index (χ0) is 15.8. The van der Waals surface area contributed by atoms with Crippen molar-refractivity contribution >= 4 is 11.7 Å². The molecule has 0 fully saturated rings. The number of hydrogen-bond donors (Lipinski definition) is 1. The summed E-state index contributed by atoms with van der Waals surface area (Å²) in [6.45, 7) is 10.0. The van der Waals surface area contributed by atoms with Crippen LogP contribution in [-0.2, 0) is 9.53 Å². The van der Waals surface area contributed by atoms with Crippen LogP contribution in [0.5, 0.6) is 0 Å². The maximum Gasteiger partial charge on any atom is 0.323 e. The van der Waals surface area contributed by atoms with Gasteiger partial charge in [0, 0.05) is 19.3 Å². The molecule has 1 atom stereocenters. The number of esters is 1. The molecule has 0 heterocycles. The van der Waals surface area contributed by atoms with Crippen LogP contribution in [0.2, 0.25) is 0 Å². The van der Waals surface area contributed by atoms with E-state index in [-0.39, 0.29) is 12.0 Å². The van der Waals surface area contributed by atoms with E-state index in [1.165, 1.54) is 16.8 Å². The van der Waals surface area contributed by atoms with E-state index >= 15 is 0 Å². The number of likely N-dealkylation sites (N-methyl/N-ethyl adjacent to an activating group) is 1. The van der Waals surface area contributed by atoms with Gasteiger partial charge in [-0.2, -0.15) is 0 Å². The molecular weight excluding hydrogens is 264 g/mol. The van der Waals surface area contributed by atoms with Crippen molar-refractivity contribution in [2.24, 2.45) is 0 Å². The Hall–Kier alpha value is -1.55. The molecule has 1 N–H and O–H groups in total. The minimum atomic E-state index is -0.233. The highest BCUT2D eigenvalue weighted by atomic mass is 16.5. The van der Waals surface area contributed by atoms with Gasteiger partial charge >= 0.3 is 5.97 Å². The van der Waals surface area contributed by atoms with E-state index in [0.717, 1.165) is 19.5 Å². The van der Waals surface area contributed by atoms with E-state index in [0.29, 0.717) is 6.61 Å². The highest BCUT2D eigenvalue weighted by molar-refractivity contribution is 5.75. The van der Waals surface area contributed by atoms with E-state index in [4.69, 9.17) is 4.74 Å². The molecule has 0 spiro atoms. The van der Waals surface area contributed by atoms with Crippen molar-refractivity contribution in [3.63, 3.8) is 0 Å². The maximum atomic E-state index is 11.9. The first-order chi connectivity index (χ1) is 9.97. The lowest BCUT2D eigenvalue weighted by Crippen LogP contribution is -2.40. The molecule has 0 radical (unpaired) electrons. The number of carbonyl (C=O) groups excluding carboxylic acids is 1. The van der Waals surface area contributed by atoms with Crippen molar-refractivity contribution < 1.29 is 9.53 Å². The normalized spacial score (nSPS) is 12.0. The van der Waals surface area contributed by atoms with Crippen molar-refractivity contribution in [2.45, 2.75) is 40.2 Å². The zero-order valence-corrected chi connectivity index (χ0v) is 13.9. The highest BCUT2D eigenvalue weighted by Crippen LogP contribution is 2.18. The monoisotopic (exact) mass is 292 g/mol. The Kier molecular flexibility index (Phi) is 7.23. The van der Waals surface area contributed by atoms with E-state index < -0.39 is 0 Å². The summed E-state index contributed by atoms with van der Waals surface area (Å²) in [7, 11) is 2.06. The fourth-order valence-electron chi connectivity index (χ4n) is 2.42. The molecule has 0 amide bonds. The Labute approximate surface area is 128 Å². The average Bonchev–Trinajstić information content (AvgIpc) is 2.42. The minimum absolute atomic E-state index is 0.159. The van der Waals surface area contributed by atoms with Crippen LogP contribution in [0.15, 0.2) is 18.2 Å². The third kappa shape index (κ3) is 5.76. The highest BCUT2D eigenvalue weighted by Gasteiger charge is 2.19. The van der Waals surface area contributed by atoms with Crippen molar-refractivity contribution in [3.8, 4) is 0 Å². The second-order valence-corrected chi connectivity index (χ2v) is 5.42. The summed E-state index contributed by atoms with van der Waals surface area (Å²) in [5.41, 5.74) is 3.70. The number of ether oxygens (including phenoxy) is 1. The fourth-order valence-corrected chi connectivity index (χ4v) is 2.42. The van der Waals surface area contributed by atoms with Crippen LogP contribution in [0, 0.1) is 13.8 Å². The van der Waals surface area contributed by atoms with Gasteiger partial charge in [0.25, 0.3) is 0 Å². The molecule has 0 aliphatic carbocycles. The number of rotatable bonds is 8. The summed E-state index contributed by atoms with van der Waals surface area (Å²) in [4.78, 5) is 14.1. The quantitative estimate of drug-likeness (QED) is 0.748. The fraction of sp³-hybridized carbons (Fsp3) is 0.588. The van der Waals surface area contributed by atoms with Gasteiger partial charge in [-0.15, -0.1) is 0 Å². The standard InChI is InChI=1S/C17H28N2O2/c1-6-18-16(17(20)21-7-2)8-9-19(5)15-11-13(3)10-14(4)12-15/h10-12,16,18H,6-9H2,1-5H3. The van der Waals surface area contributed by atoms with Crippen LogP contribution in [0.3, 0.4) is 0 Å². The predicted molar refractivity (Wildman–Crippen MR) is 87.9 cm³/mol. The lowest BCUT2D eigenvalue weighted by atomic mass is 10.1. The zero-order valence-electron chi connectivity index (χ0n) is 13.9. The molecule has 1 unspecified atom stereocenters. The summed E-state index contributed by atoms with van der Waals surface area (Å²) >= 11 is 0. The molecule has 0 aromatic heterocycles. The molecule has 1 aromatic carbocycles. The van der Waals surface area contributed by atoms with Crippen molar-refractivity contribution in [3.05, 3.63) is 29.3 Å². The summed E-state index contributed by atoms with van der Waals surface area (Å²) in [5.74, 6) is -0.159. The maximum absolute atomic E-state index is 11.9. The van der Waals surface area contributed by atoms with Crippen molar-refractivity contribution in [2.75, 3.05) is 31.6 Å². The van der Waals surface area contributed by atoms with E-state index in [1.54, 1.807) is 0 Å². The number of carbonyl (C=O) groups is 1. The first-order valence-electron chi connectivity index (χ1n) is 7.67. The first-order valence-corrected chi connectivity index (χ1v) is 7.67. The van der Waals surface area contributed by atoms with E-state index in [2.05, 4.69) is 49.3 Å². The molecule has 1 aromatic rings. The van der Waals surface area contributed by atoms with Gasteiger partial charge in [0.05, 0.1) is 6.61 Å². The summed E-state index contributed by atoms with van der Waals surface area (Å²) in [6, 6.07) is 6.26. The van der Waals surface area contributed by atoms with Gasteiger partial charge in [-0.1, -0.05) is 13.0 Å². The smallest absolute Gasteiger partial charge is 0.323 e. The number of hydrogen-bond acceptors (Lipinski definition) is 4. The lowest BCUT2D eigenvalue weighted by molar-refractivity contribution is -0.145. The predicted octanol–water partition coefficient (Wildman–Crippen LogP) is 2.67. The van der Waals surface area contributed by atoms with Crippen LogP contribution < -0.4 is 10.2 Å². The van der Waals surface area contributed by atoms with Crippen molar-refractivity contribution in [1.29, 1.82) is 0 Å². The van der Waals surface area contributed by atoms with E-state index in [1.807, 2.05) is 13.8 Å². The Morgan fingerprint density at radius 1 is 1.24 bits per heavy atom. The number of anilines is 1. The van der Waals surface area contributed by atoms with Crippen molar-refractivity contribution in [1.82, 2.24) is 5.32 Å². The summed E-state index contributed by atoms with van der Waals surface area (Å²) in [5, 5.41) is 3.20. The third-order valence-electron chi connectivity index (χ3n) is 3.42. The summed E-state index contributed by atoms with van der Waals surface area (Å²) < 4.78 is 5.11. The van der Waals surface area contributed by atoms with Crippen LogP contribution in [0.25, 0.3) is 0 Å². The Bertz CT molecular complexity index is 440. The molecule has 1 rings (SSSR count). The molecule has 0 aliphatic rings. The number of nitrogens with one attached hydrogen (secondary N) is 1. The molecule has 0 bridgehead atoms. The van der Waals surface area contributed by atoms with Crippen LogP contribution in [0.1, 0.15) is 31.4 Å². The molecule has 4 heteroatoms. The molecular formula is C17H28N2O2. The van der Waals surface area contributed by atoms with Gasteiger partial charge in [-0.05, 0) is 57.0 Å². The second-order valence-electron chi connectivity index (χ2n) is 5.42. The molecule has 0 saturated carbocycles. The topological polar surface area (TPSA) is 41.6 Å². The SMILES string of the molecule is CCNC(CCN(C)c1cc(C)cc(C)c1)C(=O)OCC. The van der Waals surface area contributed by atoms with Gasteiger partial charge in [-0.3, -0.25) is 4.79 Å². The number of nitrogens with zero attached hydrogens (tertiary/aromatic N) is 1. The number of benzene rings is 1. The van der Waals surface area contributed by atoms with Gasteiger partial charge in [0.1, 0.15) is 6.04 Å². The molecule has 21 heavy (non-hydrogen) atoms. The third-order valence-corrected chi connectivity index (χ3v) is 3.42. The van der Waals surface area contributed by atoms with Gasteiger partial charge < -0.3 is 15.0 Å². The van der Waals surface area contributed by atoms with Gasteiger partial charge in [0.2, 0.25) is 0 Å². The summed E-state index contributed by atoms with van der Waals surface area (Å²) in [6.07, 6.45) is 0.732. The van der Waals surface area contributed by atoms with Gasteiger partial charge in [0.15, 0.2) is 0 Å². The average molecular weight is 292 g/mol. The lowest BCUT2D eigenvalue weighted by Gasteiger charge is -2.23. The molecule has 0 aliphatic heterocycles. The Morgan fingerprint density at radius 3 is 2.38 bits per heavy atom. The second kappa shape index (κ2) is 8.67. The molecule has 0 saturated heterocycles.